The molecular formula is C18H30IN5O. The Labute approximate surface area is 167 Å². The van der Waals surface area contributed by atoms with Crippen molar-refractivity contribution in [3.8, 4) is 0 Å². The average Bonchev–Trinajstić information content (AvgIpc) is 2.60. The van der Waals surface area contributed by atoms with Crippen LogP contribution < -0.4 is 16.0 Å². The van der Waals surface area contributed by atoms with E-state index in [-0.39, 0.29) is 36.4 Å². The molecule has 25 heavy (non-hydrogen) atoms. The molecule has 1 aliphatic rings. The summed E-state index contributed by atoms with van der Waals surface area (Å²) in [4.78, 5) is 20.6. The Morgan fingerprint density at radius 2 is 1.84 bits per heavy atom. The molecule has 0 aromatic heterocycles. The van der Waals surface area contributed by atoms with E-state index in [4.69, 9.17) is 5.73 Å². The lowest BCUT2D eigenvalue weighted by atomic mass is 10.1. The van der Waals surface area contributed by atoms with Crippen molar-refractivity contribution in [2.75, 3.05) is 44.2 Å². The number of rotatable bonds is 6. The van der Waals surface area contributed by atoms with E-state index in [0.717, 1.165) is 39.1 Å². The molecule has 1 saturated heterocycles. The quantitative estimate of drug-likeness (QED) is 0.387. The van der Waals surface area contributed by atoms with Crippen LogP contribution in [0.3, 0.4) is 0 Å². The standard InChI is InChI=1S/C18H29N5O.HI/c1-15(2)8-9-20-18(19)21-14-17(24)23-12-10-22(11-13-23)16-6-4-3-5-7-16;/h3-7,15H,8-14H2,1-2H3,(H3,19,20,21);1H. The van der Waals surface area contributed by atoms with Crippen molar-refractivity contribution in [2.24, 2.45) is 16.6 Å². The van der Waals surface area contributed by atoms with Crippen LogP contribution in [0.15, 0.2) is 35.3 Å². The van der Waals surface area contributed by atoms with Gasteiger partial charge in [-0.3, -0.25) is 4.79 Å². The summed E-state index contributed by atoms with van der Waals surface area (Å²) in [5.74, 6) is 1.01. The van der Waals surface area contributed by atoms with Crippen molar-refractivity contribution in [2.45, 2.75) is 20.3 Å². The number of guanidine groups is 1. The first-order chi connectivity index (χ1) is 11.6. The average molecular weight is 459 g/mol. The summed E-state index contributed by atoms with van der Waals surface area (Å²) < 4.78 is 0. The van der Waals surface area contributed by atoms with E-state index in [1.54, 1.807) is 0 Å². The number of amides is 1. The Kier molecular flexibility index (Phi) is 9.62. The first-order valence-corrected chi connectivity index (χ1v) is 8.68. The SMILES string of the molecule is CC(C)CCNC(N)=NCC(=O)N1CCN(c2ccccc2)CC1.I. The molecule has 1 fully saturated rings. The zero-order valence-corrected chi connectivity index (χ0v) is 17.5. The fourth-order valence-electron chi connectivity index (χ4n) is 2.65. The van der Waals surface area contributed by atoms with Gasteiger partial charge >= 0.3 is 0 Å². The number of halogens is 1. The third kappa shape index (κ3) is 7.50. The molecule has 0 unspecified atom stereocenters. The largest absolute Gasteiger partial charge is 0.370 e. The molecule has 1 aromatic carbocycles. The van der Waals surface area contributed by atoms with Gasteiger partial charge in [0.15, 0.2) is 5.96 Å². The zero-order chi connectivity index (χ0) is 17.4. The fourth-order valence-corrected chi connectivity index (χ4v) is 2.65. The van der Waals surface area contributed by atoms with Gasteiger partial charge in [-0.2, -0.15) is 0 Å². The van der Waals surface area contributed by atoms with E-state index in [1.165, 1.54) is 5.69 Å². The second-order valence-electron chi connectivity index (χ2n) is 6.51. The molecule has 1 heterocycles. The number of aliphatic imine (C=N–C) groups is 1. The predicted octanol–water partition coefficient (Wildman–Crippen LogP) is 1.90. The summed E-state index contributed by atoms with van der Waals surface area (Å²) in [5, 5.41) is 3.05. The van der Waals surface area contributed by atoms with Gasteiger partial charge in [-0.25, -0.2) is 4.99 Å². The number of hydrogen-bond donors (Lipinski definition) is 2. The summed E-state index contributed by atoms with van der Waals surface area (Å²) in [7, 11) is 0. The lowest BCUT2D eigenvalue weighted by Crippen LogP contribution is -2.49. The third-order valence-electron chi connectivity index (χ3n) is 4.17. The summed E-state index contributed by atoms with van der Waals surface area (Å²) in [5.41, 5.74) is 7.01. The maximum Gasteiger partial charge on any atom is 0.244 e. The van der Waals surface area contributed by atoms with Crippen LogP contribution in [0.1, 0.15) is 20.3 Å². The molecule has 0 atom stereocenters. The van der Waals surface area contributed by atoms with E-state index in [0.29, 0.717) is 11.9 Å². The van der Waals surface area contributed by atoms with Crippen molar-refractivity contribution in [1.29, 1.82) is 0 Å². The van der Waals surface area contributed by atoms with Gasteiger partial charge in [0, 0.05) is 38.4 Å². The summed E-state index contributed by atoms with van der Waals surface area (Å²) in [6.07, 6.45) is 1.03. The molecule has 2 rings (SSSR count). The van der Waals surface area contributed by atoms with E-state index in [1.807, 2.05) is 23.1 Å². The molecule has 0 bridgehead atoms. The van der Waals surface area contributed by atoms with Gasteiger partial charge in [-0.05, 0) is 24.5 Å². The number of para-hydroxylation sites is 1. The number of carbonyl (C=O) groups is 1. The Hall–Kier alpha value is -1.51. The van der Waals surface area contributed by atoms with Gasteiger partial charge in [0.2, 0.25) is 5.91 Å². The van der Waals surface area contributed by atoms with Crippen molar-refractivity contribution < 1.29 is 4.79 Å². The number of benzene rings is 1. The number of nitrogens with two attached hydrogens (primary N) is 1. The van der Waals surface area contributed by atoms with Gasteiger partial charge < -0.3 is 20.9 Å². The number of nitrogens with one attached hydrogen (secondary N) is 1. The van der Waals surface area contributed by atoms with Gasteiger partial charge in [0.1, 0.15) is 6.54 Å². The molecule has 140 valence electrons. The predicted molar refractivity (Wildman–Crippen MR) is 115 cm³/mol. The summed E-state index contributed by atoms with van der Waals surface area (Å²) in [6, 6.07) is 10.3. The van der Waals surface area contributed by atoms with Gasteiger partial charge in [0.25, 0.3) is 0 Å². The molecule has 1 aliphatic heterocycles. The van der Waals surface area contributed by atoms with E-state index < -0.39 is 0 Å². The van der Waals surface area contributed by atoms with Crippen molar-refractivity contribution in [1.82, 2.24) is 10.2 Å². The lowest BCUT2D eigenvalue weighted by molar-refractivity contribution is -0.129. The van der Waals surface area contributed by atoms with Crippen LogP contribution in [-0.2, 0) is 4.79 Å². The molecule has 0 spiro atoms. The number of carbonyl (C=O) groups excluding carboxylic acids is 1. The Morgan fingerprint density at radius 1 is 1.20 bits per heavy atom. The Morgan fingerprint density at radius 3 is 2.44 bits per heavy atom. The van der Waals surface area contributed by atoms with Crippen LogP contribution in [-0.4, -0.2) is 56.0 Å². The smallest absolute Gasteiger partial charge is 0.244 e. The van der Waals surface area contributed by atoms with Crippen LogP contribution in [0.4, 0.5) is 5.69 Å². The molecule has 3 N–H and O–H groups in total. The molecule has 0 saturated carbocycles. The second kappa shape index (κ2) is 11.2. The fraction of sp³-hybridized carbons (Fsp3) is 0.556. The lowest BCUT2D eigenvalue weighted by Gasteiger charge is -2.36. The zero-order valence-electron chi connectivity index (χ0n) is 15.1. The van der Waals surface area contributed by atoms with Gasteiger partial charge in [-0.15, -0.1) is 24.0 Å². The van der Waals surface area contributed by atoms with Crippen molar-refractivity contribution >= 4 is 41.5 Å². The highest BCUT2D eigenvalue weighted by molar-refractivity contribution is 14.0. The number of piperazine rings is 1. The highest BCUT2D eigenvalue weighted by Crippen LogP contribution is 2.15. The number of nitrogens with zero attached hydrogens (tertiary/aromatic N) is 3. The first kappa shape index (κ1) is 21.5. The topological polar surface area (TPSA) is 74.0 Å². The normalized spacial score (nSPS) is 15.1. The first-order valence-electron chi connectivity index (χ1n) is 8.68. The second-order valence-corrected chi connectivity index (χ2v) is 6.51. The maximum atomic E-state index is 12.2. The van der Waals surface area contributed by atoms with E-state index in [9.17, 15) is 4.79 Å². The molecule has 0 radical (unpaired) electrons. The Bertz CT molecular complexity index is 542. The van der Waals surface area contributed by atoms with Crippen LogP contribution in [0.25, 0.3) is 0 Å². The summed E-state index contributed by atoms with van der Waals surface area (Å²) in [6.45, 7) is 8.38. The minimum absolute atomic E-state index is 0. The number of anilines is 1. The van der Waals surface area contributed by atoms with Crippen LogP contribution in [0.5, 0.6) is 0 Å². The monoisotopic (exact) mass is 459 g/mol. The van der Waals surface area contributed by atoms with Gasteiger partial charge in [-0.1, -0.05) is 32.0 Å². The molecule has 7 heteroatoms. The number of hydrogen-bond acceptors (Lipinski definition) is 3. The van der Waals surface area contributed by atoms with Crippen LogP contribution in [0, 0.1) is 5.92 Å². The molecular weight excluding hydrogens is 429 g/mol. The molecule has 0 aliphatic carbocycles. The van der Waals surface area contributed by atoms with Crippen molar-refractivity contribution in [3.63, 3.8) is 0 Å². The highest BCUT2D eigenvalue weighted by Gasteiger charge is 2.20. The van der Waals surface area contributed by atoms with E-state index in [2.05, 4.69) is 41.2 Å². The molecule has 1 amide bonds. The maximum absolute atomic E-state index is 12.2. The third-order valence-corrected chi connectivity index (χ3v) is 4.17. The minimum Gasteiger partial charge on any atom is -0.370 e. The van der Waals surface area contributed by atoms with Crippen LogP contribution >= 0.6 is 24.0 Å². The Balaban J connectivity index is 0.00000312. The van der Waals surface area contributed by atoms with Crippen LogP contribution in [0.2, 0.25) is 0 Å². The van der Waals surface area contributed by atoms with Gasteiger partial charge in [0.05, 0.1) is 0 Å². The highest BCUT2D eigenvalue weighted by atomic mass is 127. The minimum atomic E-state index is 0. The molecule has 1 aromatic rings. The van der Waals surface area contributed by atoms with Crippen molar-refractivity contribution in [3.05, 3.63) is 30.3 Å². The molecule has 6 nitrogen and oxygen atoms in total. The summed E-state index contributed by atoms with van der Waals surface area (Å²) >= 11 is 0. The van der Waals surface area contributed by atoms with E-state index >= 15 is 0 Å².